The Balaban J connectivity index is 2.40. The van der Waals surface area contributed by atoms with Gasteiger partial charge >= 0.3 is 0 Å². The van der Waals surface area contributed by atoms with Gasteiger partial charge in [-0.05, 0) is 18.5 Å². The molecule has 0 radical (unpaired) electrons. The average molecular weight is 195 g/mol. The first-order chi connectivity index (χ1) is 6.33. The molecule has 0 atom stereocenters. The molecule has 0 aliphatic carbocycles. The minimum Gasteiger partial charge on any atom is -0.231 e. The summed E-state index contributed by atoms with van der Waals surface area (Å²) in [5.41, 5.74) is 8.97. The van der Waals surface area contributed by atoms with Crippen molar-refractivity contribution in [2.24, 2.45) is 5.11 Å². The van der Waals surface area contributed by atoms with E-state index in [9.17, 15) is 0 Å². The molecule has 1 heterocycles. The summed E-state index contributed by atoms with van der Waals surface area (Å²) in [7, 11) is 0. The summed E-state index contributed by atoms with van der Waals surface area (Å²) in [4.78, 5) is 10.9. The lowest BCUT2D eigenvalue weighted by molar-refractivity contribution is 0.930. The van der Waals surface area contributed by atoms with Crippen molar-refractivity contribution in [1.29, 1.82) is 0 Å². The SMILES string of the molecule is Cc1ccnc(SCCN=[N+]=[N-])n1. The van der Waals surface area contributed by atoms with Gasteiger partial charge in [-0.3, -0.25) is 0 Å². The lowest BCUT2D eigenvalue weighted by atomic mass is 10.5. The molecule has 6 heteroatoms. The van der Waals surface area contributed by atoms with Gasteiger partial charge in [0.1, 0.15) is 0 Å². The van der Waals surface area contributed by atoms with Crippen LogP contribution in [0.3, 0.4) is 0 Å². The summed E-state index contributed by atoms with van der Waals surface area (Å²) in [6.07, 6.45) is 1.72. The Kier molecular flexibility index (Phi) is 4.08. The summed E-state index contributed by atoms with van der Waals surface area (Å²) >= 11 is 1.49. The molecule has 0 saturated heterocycles. The molecule has 1 aromatic rings. The molecule has 1 aromatic heterocycles. The standard InChI is InChI=1S/C7H9N5S/c1-6-2-3-9-7(11-6)13-5-4-10-12-8/h2-3H,4-5H2,1H3. The Bertz CT molecular complexity index is 320. The van der Waals surface area contributed by atoms with Gasteiger partial charge in [0, 0.05) is 29.1 Å². The second kappa shape index (κ2) is 5.40. The van der Waals surface area contributed by atoms with Gasteiger partial charge in [0.05, 0.1) is 0 Å². The Morgan fingerprint density at radius 2 is 2.54 bits per heavy atom. The van der Waals surface area contributed by atoms with E-state index in [4.69, 9.17) is 5.53 Å². The van der Waals surface area contributed by atoms with E-state index in [1.165, 1.54) is 11.8 Å². The lowest BCUT2D eigenvalue weighted by Gasteiger charge is -1.97. The highest BCUT2D eigenvalue weighted by Gasteiger charge is 1.95. The molecule has 13 heavy (non-hydrogen) atoms. The smallest absolute Gasteiger partial charge is 0.187 e. The zero-order valence-electron chi connectivity index (χ0n) is 7.21. The summed E-state index contributed by atoms with van der Waals surface area (Å²) in [6.45, 7) is 2.39. The van der Waals surface area contributed by atoms with Gasteiger partial charge in [0.25, 0.3) is 0 Å². The fourth-order valence-corrected chi connectivity index (χ4v) is 1.42. The van der Waals surface area contributed by atoms with E-state index < -0.39 is 0 Å². The first-order valence-electron chi connectivity index (χ1n) is 3.76. The third kappa shape index (κ3) is 3.78. The molecule has 0 N–H and O–H groups in total. The van der Waals surface area contributed by atoms with Crippen LogP contribution in [0.1, 0.15) is 5.69 Å². The van der Waals surface area contributed by atoms with Crippen molar-refractivity contribution in [3.05, 3.63) is 28.4 Å². The van der Waals surface area contributed by atoms with E-state index in [1.807, 2.05) is 13.0 Å². The third-order valence-corrected chi connectivity index (χ3v) is 2.10. The Morgan fingerprint density at radius 3 is 3.23 bits per heavy atom. The van der Waals surface area contributed by atoms with Crippen LogP contribution in [0.25, 0.3) is 10.4 Å². The topological polar surface area (TPSA) is 74.5 Å². The Morgan fingerprint density at radius 1 is 1.69 bits per heavy atom. The van der Waals surface area contributed by atoms with Crippen LogP contribution in [-0.2, 0) is 0 Å². The van der Waals surface area contributed by atoms with Crippen molar-refractivity contribution in [2.45, 2.75) is 12.1 Å². The third-order valence-electron chi connectivity index (χ3n) is 1.26. The fraction of sp³-hybridized carbons (Fsp3) is 0.429. The van der Waals surface area contributed by atoms with Crippen molar-refractivity contribution in [1.82, 2.24) is 9.97 Å². The predicted octanol–water partition coefficient (Wildman–Crippen LogP) is 2.19. The van der Waals surface area contributed by atoms with Gasteiger partial charge in [-0.2, -0.15) is 0 Å². The van der Waals surface area contributed by atoms with E-state index in [-0.39, 0.29) is 0 Å². The van der Waals surface area contributed by atoms with Crippen molar-refractivity contribution < 1.29 is 0 Å². The highest BCUT2D eigenvalue weighted by molar-refractivity contribution is 7.99. The van der Waals surface area contributed by atoms with E-state index in [0.717, 1.165) is 10.9 Å². The van der Waals surface area contributed by atoms with Crippen molar-refractivity contribution >= 4 is 11.8 Å². The van der Waals surface area contributed by atoms with Gasteiger partial charge in [-0.15, -0.1) is 0 Å². The molecule has 0 fully saturated rings. The zero-order chi connectivity index (χ0) is 9.52. The van der Waals surface area contributed by atoms with E-state index in [0.29, 0.717) is 12.3 Å². The molecule has 0 spiro atoms. The van der Waals surface area contributed by atoms with Crippen LogP contribution in [0.2, 0.25) is 0 Å². The van der Waals surface area contributed by atoms with Gasteiger partial charge in [-0.1, -0.05) is 16.9 Å². The molecule has 5 nitrogen and oxygen atoms in total. The van der Waals surface area contributed by atoms with Crippen LogP contribution in [0.15, 0.2) is 22.5 Å². The number of rotatable bonds is 4. The summed E-state index contributed by atoms with van der Waals surface area (Å²) in [5.74, 6) is 0.716. The van der Waals surface area contributed by atoms with Crippen molar-refractivity contribution in [3.63, 3.8) is 0 Å². The number of azide groups is 1. The molecule has 0 amide bonds. The number of hydrogen-bond acceptors (Lipinski definition) is 4. The zero-order valence-corrected chi connectivity index (χ0v) is 8.03. The average Bonchev–Trinajstić information content (AvgIpc) is 2.13. The van der Waals surface area contributed by atoms with Gasteiger partial charge in [0.15, 0.2) is 5.16 Å². The van der Waals surface area contributed by atoms with Gasteiger partial charge < -0.3 is 0 Å². The first-order valence-corrected chi connectivity index (χ1v) is 4.75. The summed E-state index contributed by atoms with van der Waals surface area (Å²) in [6, 6.07) is 1.84. The van der Waals surface area contributed by atoms with Crippen molar-refractivity contribution in [3.8, 4) is 0 Å². The van der Waals surface area contributed by atoms with Gasteiger partial charge in [-0.25, -0.2) is 9.97 Å². The maximum absolute atomic E-state index is 8.03. The normalized spacial score (nSPS) is 9.31. The minimum atomic E-state index is 0.471. The van der Waals surface area contributed by atoms with Crippen LogP contribution < -0.4 is 0 Å². The number of nitrogens with zero attached hydrogens (tertiary/aromatic N) is 5. The van der Waals surface area contributed by atoms with E-state index >= 15 is 0 Å². The maximum Gasteiger partial charge on any atom is 0.187 e. The molecule has 0 aliphatic heterocycles. The molecular weight excluding hydrogens is 186 g/mol. The maximum atomic E-state index is 8.03. The number of thioether (sulfide) groups is 1. The number of aromatic nitrogens is 2. The number of aryl methyl sites for hydroxylation is 1. The molecular formula is C7H9N5S. The van der Waals surface area contributed by atoms with Crippen LogP contribution in [-0.4, -0.2) is 22.3 Å². The second-order valence-electron chi connectivity index (χ2n) is 2.28. The molecule has 0 aromatic carbocycles. The highest BCUT2D eigenvalue weighted by atomic mass is 32.2. The summed E-state index contributed by atoms with van der Waals surface area (Å²) in [5, 5.41) is 4.14. The Labute approximate surface area is 80.2 Å². The minimum absolute atomic E-state index is 0.471. The Hall–Kier alpha value is -1.26. The fourth-order valence-electron chi connectivity index (χ4n) is 0.718. The first kappa shape index (κ1) is 9.83. The quantitative estimate of drug-likeness (QED) is 0.184. The van der Waals surface area contributed by atoms with Crippen LogP contribution >= 0.6 is 11.8 Å². The number of hydrogen-bond donors (Lipinski definition) is 0. The molecule has 68 valence electrons. The van der Waals surface area contributed by atoms with Gasteiger partial charge in [0.2, 0.25) is 0 Å². The molecule has 0 aliphatic rings. The molecule has 1 rings (SSSR count). The van der Waals surface area contributed by atoms with Crippen LogP contribution in [0.5, 0.6) is 0 Å². The predicted molar refractivity (Wildman–Crippen MR) is 51.5 cm³/mol. The largest absolute Gasteiger partial charge is 0.231 e. The van der Waals surface area contributed by atoms with Crippen LogP contribution in [0, 0.1) is 6.92 Å². The molecule has 0 saturated carbocycles. The lowest BCUT2D eigenvalue weighted by Crippen LogP contribution is -1.90. The van der Waals surface area contributed by atoms with Crippen molar-refractivity contribution in [2.75, 3.05) is 12.3 Å². The second-order valence-corrected chi connectivity index (χ2v) is 3.35. The summed E-state index contributed by atoms with van der Waals surface area (Å²) < 4.78 is 0. The van der Waals surface area contributed by atoms with E-state index in [1.54, 1.807) is 6.20 Å². The molecule has 0 unspecified atom stereocenters. The van der Waals surface area contributed by atoms with E-state index in [2.05, 4.69) is 20.0 Å². The monoisotopic (exact) mass is 195 g/mol. The highest BCUT2D eigenvalue weighted by Crippen LogP contribution is 2.11. The van der Waals surface area contributed by atoms with Crippen LogP contribution in [0.4, 0.5) is 0 Å². The molecule has 0 bridgehead atoms.